The molecule has 0 aromatic heterocycles. The lowest BCUT2D eigenvalue weighted by Crippen LogP contribution is -2.45. The summed E-state index contributed by atoms with van der Waals surface area (Å²) >= 11 is 2.46. The predicted octanol–water partition coefficient (Wildman–Crippen LogP) is 6.71. The summed E-state index contributed by atoms with van der Waals surface area (Å²) in [6.07, 6.45) is 5.78. The highest BCUT2D eigenvalue weighted by atomic mass is 127. The van der Waals surface area contributed by atoms with Crippen LogP contribution in [0, 0.1) is 5.41 Å². The van der Waals surface area contributed by atoms with E-state index in [2.05, 4.69) is 102 Å². The summed E-state index contributed by atoms with van der Waals surface area (Å²) in [5, 5.41) is 0.234. The first-order chi connectivity index (χ1) is 10.6. The standard InChI is InChI=1S/C19H36IO2Si2/c1-18(2,3)17(21-23(7)8)15-13-14(11-12-16(15)20)22-24(9,10)19(4,5)6/h11-12,14,17H,13H2,1-10H3. The molecule has 1 rings (SSSR count). The molecule has 2 atom stereocenters. The average Bonchev–Trinajstić information content (AvgIpc) is 2.35. The zero-order valence-electron chi connectivity index (χ0n) is 17.2. The van der Waals surface area contributed by atoms with E-state index in [1.165, 1.54) is 9.15 Å². The molecule has 0 aliphatic heterocycles. The fourth-order valence-electron chi connectivity index (χ4n) is 2.56. The largest absolute Gasteiger partial charge is 0.410 e. The highest BCUT2D eigenvalue weighted by molar-refractivity contribution is 14.1. The number of halogens is 1. The van der Waals surface area contributed by atoms with E-state index in [1.54, 1.807) is 0 Å². The third kappa shape index (κ3) is 6.07. The van der Waals surface area contributed by atoms with Crippen LogP contribution in [0.2, 0.25) is 31.2 Å². The lowest BCUT2D eigenvalue weighted by molar-refractivity contribution is 0.107. The van der Waals surface area contributed by atoms with Gasteiger partial charge in [-0.1, -0.05) is 53.7 Å². The normalized spacial score (nSPS) is 21.6. The highest BCUT2D eigenvalue weighted by Gasteiger charge is 2.40. The molecule has 0 saturated carbocycles. The first-order valence-corrected chi connectivity index (χ1v) is 15.3. The van der Waals surface area contributed by atoms with Crippen LogP contribution in [0.5, 0.6) is 0 Å². The monoisotopic (exact) mass is 479 g/mol. The maximum Gasteiger partial charge on any atom is 0.205 e. The molecule has 2 nitrogen and oxygen atoms in total. The minimum atomic E-state index is -1.77. The van der Waals surface area contributed by atoms with Gasteiger partial charge in [-0.3, -0.25) is 0 Å². The minimum Gasteiger partial charge on any atom is -0.410 e. The number of hydrogen-bond acceptors (Lipinski definition) is 2. The summed E-state index contributed by atoms with van der Waals surface area (Å²) < 4.78 is 14.4. The molecule has 2 unspecified atom stereocenters. The van der Waals surface area contributed by atoms with Crippen molar-refractivity contribution < 1.29 is 8.85 Å². The molecule has 0 N–H and O–H groups in total. The van der Waals surface area contributed by atoms with Crippen molar-refractivity contribution >= 4 is 39.9 Å². The molecule has 0 spiro atoms. The van der Waals surface area contributed by atoms with Gasteiger partial charge >= 0.3 is 0 Å². The molecule has 0 aromatic rings. The van der Waals surface area contributed by atoms with Crippen LogP contribution in [0.15, 0.2) is 21.3 Å². The Kier molecular flexibility index (Phi) is 7.60. The average molecular weight is 480 g/mol. The van der Waals surface area contributed by atoms with Gasteiger partial charge in [-0.05, 0) is 64.8 Å². The van der Waals surface area contributed by atoms with Gasteiger partial charge < -0.3 is 8.85 Å². The van der Waals surface area contributed by atoms with E-state index in [4.69, 9.17) is 8.85 Å². The summed E-state index contributed by atoms with van der Waals surface area (Å²) in [5.74, 6) is 0. The van der Waals surface area contributed by atoms with Crippen LogP contribution in [0.25, 0.3) is 0 Å². The van der Waals surface area contributed by atoms with Gasteiger partial charge in [0, 0.05) is 10.0 Å². The van der Waals surface area contributed by atoms with Gasteiger partial charge in [-0.2, -0.15) is 0 Å². The molecule has 1 aliphatic carbocycles. The van der Waals surface area contributed by atoms with Crippen molar-refractivity contribution in [3.8, 4) is 0 Å². The fourth-order valence-corrected chi connectivity index (χ4v) is 5.51. The smallest absolute Gasteiger partial charge is 0.205 e. The van der Waals surface area contributed by atoms with Crippen LogP contribution in [0.1, 0.15) is 48.0 Å². The molecule has 0 heterocycles. The summed E-state index contributed by atoms with van der Waals surface area (Å²) in [6, 6.07) is 0. The Hall–Kier alpha value is 0.564. The number of allylic oxidation sites excluding steroid dienone is 2. The van der Waals surface area contributed by atoms with Crippen molar-refractivity contribution in [2.24, 2.45) is 5.41 Å². The van der Waals surface area contributed by atoms with E-state index in [-0.39, 0.29) is 22.7 Å². The fraction of sp³-hybridized carbons (Fsp3) is 0.789. The predicted molar refractivity (Wildman–Crippen MR) is 119 cm³/mol. The van der Waals surface area contributed by atoms with Gasteiger partial charge in [0.2, 0.25) is 9.04 Å². The molecule has 0 aromatic carbocycles. The van der Waals surface area contributed by atoms with E-state index in [1.807, 2.05) is 0 Å². The first kappa shape index (κ1) is 22.6. The van der Waals surface area contributed by atoms with E-state index in [0.717, 1.165) is 6.42 Å². The Balaban J connectivity index is 3.03. The Bertz CT molecular complexity index is 496. The van der Waals surface area contributed by atoms with E-state index >= 15 is 0 Å². The number of rotatable bonds is 5. The van der Waals surface area contributed by atoms with E-state index in [9.17, 15) is 0 Å². The zero-order valence-corrected chi connectivity index (χ0v) is 21.4. The van der Waals surface area contributed by atoms with Gasteiger partial charge in [0.1, 0.15) is 0 Å². The molecule has 0 amide bonds. The SMILES string of the molecule is C[Si](C)OC(C1=C(I)C=CC(O[Si](C)(C)C(C)(C)C)C1)C(C)(C)C. The molecule has 5 heteroatoms. The second-order valence-electron chi connectivity index (χ2n) is 9.63. The zero-order chi connectivity index (χ0) is 18.9. The maximum absolute atomic E-state index is 6.66. The van der Waals surface area contributed by atoms with Crippen molar-refractivity contribution in [1.82, 2.24) is 0 Å². The van der Waals surface area contributed by atoms with Crippen LogP contribution in [0.4, 0.5) is 0 Å². The van der Waals surface area contributed by atoms with Gasteiger partial charge in [-0.25, -0.2) is 0 Å². The molecule has 0 saturated heterocycles. The Morgan fingerprint density at radius 3 is 2.12 bits per heavy atom. The lowest BCUT2D eigenvalue weighted by atomic mass is 9.81. The highest BCUT2D eigenvalue weighted by Crippen LogP contribution is 2.41. The van der Waals surface area contributed by atoms with E-state index < -0.39 is 17.4 Å². The van der Waals surface area contributed by atoms with Gasteiger partial charge in [0.25, 0.3) is 0 Å². The molecular formula is C19H36IO2Si2. The van der Waals surface area contributed by atoms with Gasteiger partial charge in [-0.15, -0.1) is 0 Å². The van der Waals surface area contributed by atoms with E-state index in [0.29, 0.717) is 0 Å². The molecule has 0 fully saturated rings. The van der Waals surface area contributed by atoms with Crippen LogP contribution in [-0.2, 0) is 8.85 Å². The summed E-state index contributed by atoms with van der Waals surface area (Å²) in [4.78, 5) is 0. The summed E-state index contributed by atoms with van der Waals surface area (Å²) in [7, 11) is -2.52. The molecule has 1 radical (unpaired) electrons. The molecule has 1 aliphatic rings. The maximum atomic E-state index is 6.66. The summed E-state index contributed by atoms with van der Waals surface area (Å²) in [6.45, 7) is 22.9. The van der Waals surface area contributed by atoms with Crippen LogP contribution >= 0.6 is 22.6 Å². The van der Waals surface area contributed by atoms with Gasteiger partial charge in [0.15, 0.2) is 8.32 Å². The van der Waals surface area contributed by atoms with Crippen LogP contribution < -0.4 is 0 Å². The molecule has 0 bridgehead atoms. The quantitative estimate of drug-likeness (QED) is 0.322. The van der Waals surface area contributed by atoms with Crippen molar-refractivity contribution in [3.63, 3.8) is 0 Å². The topological polar surface area (TPSA) is 18.5 Å². The molecule has 139 valence electrons. The Morgan fingerprint density at radius 1 is 1.17 bits per heavy atom. The number of hydrogen-bond donors (Lipinski definition) is 0. The van der Waals surface area contributed by atoms with Crippen molar-refractivity contribution in [1.29, 1.82) is 0 Å². The second kappa shape index (κ2) is 8.07. The first-order valence-electron chi connectivity index (χ1n) is 8.86. The Labute approximate surface area is 166 Å². The van der Waals surface area contributed by atoms with Crippen LogP contribution in [-0.4, -0.2) is 29.6 Å². The summed E-state index contributed by atoms with van der Waals surface area (Å²) in [5.41, 5.74) is 1.51. The van der Waals surface area contributed by atoms with Crippen molar-refractivity contribution in [2.75, 3.05) is 0 Å². The lowest BCUT2D eigenvalue weighted by Gasteiger charge is -2.41. The second-order valence-corrected chi connectivity index (χ2v) is 17.6. The molecule has 24 heavy (non-hydrogen) atoms. The van der Waals surface area contributed by atoms with Crippen molar-refractivity contribution in [2.45, 2.75) is 91.4 Å². The Morgan fingerprint density at radius 2 is 1.71 bits per heavy atom. The van der Waals surface area contributed by atoms with Gasteiger partial charge in [0.05, 0.1) is 12.2 Å². The third-order valence-electron chi connectivity index (χ3n) is 4.89. The molecular weight excluding hydrogens is 443 g/mol. The van der Waals surface area contributed by atoms with Crippen LogP contribution in [0.3, 0.4) is 0 Å². The third-order valence-corrected chi connectivity index (χ3v) is 11.2. The minimum absolute atomic E-state index is 0.0976. The van der Waals surface area contributed by atoms with Crippen molar-refractivity contribution in [3.05, 3.63) is 21.3 Å².